The Balaban J connectivity index is 1.61. The Morgan fingerprint density at radius 1 is 1.27 bits per heavy atom. The number of likely N-dealkylation sites (tertiary alicyclic amines) is 1. The third kappa shape index (κ3) is 3.08. The summed E-state index contributed by atoms with van der Waals surface area (Å²) in [5.41, 5.74) is 0.763. The summed E-state index contributed by atoms with van der Waals surface area (Å²) in [7, 11) is 0. The molecule has 2 amide bonds. The van der Waals surface area contributed by atoms with Gasteiger partial charge in [0.2, 0.25) is 5.91 Å². The van der Waals surface area contributed by atoms with E-state index < -0.39 is 0 Å². The minimum atomic E-state index is -0.0845. The molecule has 2 aliphatic rings. The van der Waals surface area contributed by atoms with Crippen molar-refractivity contribution in [2.24, 2.45) is 5.92 Å². The highest BCUT2D eigenvalue weighted by Crippen LogP contribution is 2.31. The molecule has 0 saturated carbocycles. The average molecular weight is 302 g/mol. The quantitative estimate of drug-likeness (QED) is 0.859. The van der Waals surface area contributed by atoms with Crippen molar-refractivity contribution >= 4 is 17.5 Å². The van der Waals surface area contributed by atoms with Gasteiger partial charge in [-0.25, -0.2) is 0 Å². The third-order valence-corrected chi connectivity index (χ3v) is 4.49. The van der Waals surface area contributed by atoms with Gasteiger partial charge in [0.1, 0.15) is 5.75 Å². The lowest BCUT2D eigenvalue weighted by Gasteiger charge is -2.32. The number of benzene rings is 1. The number of hydrogen-bond acceptors (Lipinski definition) is 3. The van der Waals surface area contributed by atoms with Crippen LogP contribution in [0, 0.1) is 5.92 Å². The summed E-state index contributed by atoms with van der Waals surface area (Å²) in [6.07, 6.45) is 2.52. The summed E-state index contributed by atoms with van der Waals surface area (Å²) in [6, 6.07) is 7.47. The lowest BCUT2D eigenvalue weighted by molar-refractivity contribution is -0.132. The van der Waals surface area contributed by atoms with E-state index in [0.29, 0.717) is 24.6 Å². The Morgan fingerprint density at radius 3 is 2.77 bits per heavy atom. The molecule has 1 fully saturated rings. The van der Waals surface area contributed by atoms with Gasteiger partial charge in [-0.3, -0.25) is 9.59 Å². The van der Waals surface area contributed by atoms with Crippen LogP contribution in [-0.2, 0) is 9.59 Å². The zero-order chi connectivity index (χ0) is 15.5. The molecule has 2 heterocycles. The third-order valence-electron chi connectivity index (χ3n) is 4.49. The first-order valence-electron chi connectivity index (χ1n) is 7.95. The van der Waals surface area contributed by atoms with Crippen LogP contribution in [0.3, 0.4) is 0 Å². The van der Waals surface area contributed by atoms with Crippen molar-refractivity contribution in [3.05, 3.63) is 24.3 Å². The second-order valence-electron chi connectivity index (χ2n) is 6.12. The molecule has 0 spiro atoms. The standard InChI is InChI=1S/C17H22N2O3/c1-13-6-9-18(10-7-13)16(20)8-11-19-14-4-2-3-5-15(14)22-12-17(19)21/h2-5,13H,6-12H2,1H3. The van der Waals surface area contributed by atoms with E-state index in [0.717, 1.165) is 31.6 Å². The number of piperidine rings is 1. The lowest BCUT2D eigenvalue weighted by Crippen LogP contribution is -2.43. The molecule has 118 valence electrons. The molecule has 22 heavy (non-hydrogen) atoms. The molecule has 0 N–H and O–H groups in total. The number of rotatable bonds is 3. The second kappa shape index (κ2) is 6.38. The predicted octanol–water partition coefficient (Wildman–Crippen LogP) is 2.06. The number of nitrogens with zero attached hydrogens (tertiary/aromatic N) is 2. The Kier molecular flexibility index (Phi) is 4.32. The molecule has 1 aromatic carbocycles. The fraction of sp³-hybridized carbons (Fsp3) is 0.529. The molecule has 1 saturated heterocycles. The van der Waals surface area contributed by atoms with Crippen LogP contribution >= 0.6 is 0 Å². The number of fused-ring (bicyclic) bond motifs is 1. The summed E-state index contributed by atoms with van der Waals surface area (Å²) in [5, 5.41) is 0. The summed E-state index contributed by atoms with van der Waals surface area (Å²) in [4.78, 5) is 28.0. The van der Waals surface area contributed by atoms with E-state index in [1.54, 1.807) is 4.90 Å². The van der Waals surface area contributed by atoms with E-state index in [1.165, 1.54) is 0 Å². The summed E-state index contributed by atoms with van der Waals surface area (Å²) in [5.74, 6) is 1.47. The van der Waals surface area contributed by atoms with Crippen molar-refractivity contribution in [3.63, 3.8) is 0 Å². The molecule has 5 nitrogen and oxygen atoms in total. The zero-order valence-corrected chi connectivity index (χ0v) is 13.0. The maximum atomic E-state index is 12.3. The van der Waals surface area contributed by atoms with Gasteiger partial charge in [0.05, 0.1) is 5.69 Å². The highest BCUT2D eigenvalue weighted by atomic mass is 16.5. The molecule has 0 aromatic heterocycles. The molecule has 1 aromatic rings. The van der Waals surface area contributed by atoms with Crippen molar-refractivity contribution in [3.8, 4) is 5.75 Å². The van der Waals surface area contributed by atoms with Crippen LogP contribution in [0.25, 0.3) is 0 Å². The first kappa shape index (κ1) is 14.9. The first-order chi connectivity index (χ1) is 10.6. The van der Waals surface area contributed by atoms with Crippen LogP contribution in [0.5, 0.6) is 5.75 Å². The largest absolute Gasteiger partial charge is 0.482 e. The number of para-hydroxylation sites is 2. The minimum Gasteiger partial charge on any atom is -0.482 e. The van der Waals surface area contributed by atoms with Crippen LogP contribution < -0.4 is 9.64 Å². The maximum absolute atomic E-state index is 12.3. The van der Waals surface area contributed by atoms with Crippen LogP contribution in [0.1, 0.15) is 26.2 Å². The summed E-state index contributed by atoms with van der Waals surface area (Å²) < 4.78 is 5.41. The lowest BCUT2D eigenvalue weighted by atomic mass is 9.99. The van der Waals surface area contributed by atoms with E-state index in [4.69, 9.17) is 4.74 Å². The minimum absolute atomic E-state index is 0.0480. The van der Waals surface area contributed by atoms with Crippen molar-refractivity contribution in [2.75, 3.05) is 31.1 Å². The van der Waals surface area contributed by atoms with Crippen molar-refractivity contribution in [1.29, 1.82) is 0 Å². The fourth-order valence-electron chi connectivity index (χ4n) is 3.02. The van der Waals surface area contributed by atoms with Gasteiger partial charge in [0, 0.05) is 26.1 Å². The first-order valence-corrected chi connectivity index (χ1v) is 7.95. The number of hydrogen-bond donors (Lipinski definition) is 0. The van der Waals surface area contributed by atoms with E-state index in [2.05, 4.69) is 6.92 Å². The second-order valence-corrected chi connectivity index (χ2v) is 6.12. The normalized spacial score (nSPS) is 18.9. The van der Waals surface area contributed by atoms with Gasteiger partial charge in [-0.05, 0) is 30.9 Å². The topological polar surface area (TPSA) is 49.9 Å². The molecular formula is C17H22N2O3. The SMILES string of the molecule is CC1CCN(C(=O)CCN2C(=O)COc3ccccc32)CC1. The van der Waals surface area contributed by atoms with E-state index in [9.17, 15) is 9.59 Å². The fourth-order valence-corrected chi connectivity index (χ4v) is 3.02. The number of anilines is 1. The Morgan fingerprint density at radius 2 is 2.00 bits per heavy atom. The molecule has 5 heteroatoms. The van der Waals surface area contributed by atoms with Gasteiger partial charge in [-0.15, -0.1) is 0 Å². The van der Waals surface area contributed by atoms with Gasteiger partial charge in [0.15, 0.2) is 6.61 Å². The van der Waals surface area contributed by atoms with Gasteiger partial charge in [0.25, 0.3) is 5.91 Å². The van der Waals surface area contributed by atoms with Gasteiger partial charge < -0.3 is 14.5 Å². The van der Waals surface area contributed by atoms with Gasteiger partial charge in [-0.2, -0.15) is 0 Å². The van der Waals surface area contributed by atoms with Crippen molar-refractivity contribution in [1.82, 2.24) is 4.90 Å². The van der Waals surface area contributed by atoms with Crippen LogP contribution in [0.15, 0.2) is 24.3 Å². The highest BCUT2D eigenvalue weighted by molar-refractivity contribution is 5.98. The number of amides is 2. The average Bonchev–Trinajstić information content (AvgIpc) is 2.54. The van der Waals surface area contributed by atoms with Crippen molar-refractivity contribution in [2.45, 2.75) is 26.2 Å². The van der Waals surface area contributed by atoms with Crippen LogP contribution in [0.2, 0.25) is 0 Å². The van der Waals surface area contributed by atoms with E-state index >= 15 is 0 Å². The molecule has 0 radical (unpaired) electrons. The molecular weight excluding hydrogens is 280 g/mol. The molecule has 0 atom stereocenters. The molecule has 0 unspecified atom stereocenters. The van der Waals surface area contributed by atoms with E-state index in [1.807, 2.05) is 29.2 Å². The molecule has 3 rings (SSSR count). The zero-order valence-electron chi connectivity index (χ0n) is 13.0. The monoisotopic (exact) mass is 302 g/mol. The summed E-state index contributed by atoms with van der Waals surface area (Å²) in [6.45, 7) is 4.38. The van der Waals surface area contributed by atoms with Gasteiger partial charge >= 0.3 is 0 Å². The smallest absolute Gasteiger partial charge is 0.265 e. The number of ether oxygens (including phenoxy) is 1. The highest BCUT2D eigenvalue weighted by Gasteiger charge is 2.27. The maximum Gasteiger partial charge on any atom is 0.265 e. The van der Waals surface area contributed by atoms with Crippen LogP contribution in [-0.4, -0.2) is 43.0 Å². The predicted molar refractivity (Wildman–Crippen MR) is 83.9 cm³/mol. The van der Waals surface area contributed by atoms with E-state index in [-0.39, 0.29) is 18.4 Å². The number of carbonyl (C=O) groups excluding carboxylic acids is 2. The van der Waals surface area contributed by atoms with Crippen LogP contribution in [0.4, 0.5) is 5.69 Å². The Labute approximate surface area is 130 Å². The molecule has 2 aliphatic heterocycles. The molecule has 0 aliphatic carbocycles. The Hall–Kier alpha value is -2.04. The number of carbonyl (C=O) groups is 2. The van der Waals surface area contributed by atoms with Gasteiger partial charge in [-0.1, -0.05) is 19.1 Å². The summed E-state index contributed by atoms with van der Waals surface area (Å²) >= 11 is 0. The molecule has 0 bridgehead atoms. The Bertz CT molecular complexity index is 565. The van der Waals surface area contributed by atoms with Crippen molar-refractivity contribution < 1.29 is 14.3 Å².